The Balaban J connectivity index is 2.14. The lowest BCUT2D eigenvalue weighted by molar-refractivity contribution is -0.139. The molecule has 142 valence electrons. The molecule has 7 nitrogen and oxygen atoms in total. The van der Waals surface area contributed by atoms with E-state index in [1.54, 1.807) is 4.90 Å². The van der Waals surface area contributed by atoms with Crippen LogP contribution in [0.3, 0.4) is 0 Å². The third kappa shape index (κ3) is 4.94. The van der Waals surface area contributed by atoms with Gasteiger partial charge in [0.05, 0.1) is 22.6 Å². The number of alkyl halides is 3. The normalized spacial score (nSPS) is 17.0. The molecule has 0 spiro atoms. The number of carboxylic acids is 1. The maximum Gasteiger partial charge on any atom is 0.416 e. The zero-order valence-corrected chi connectivity index (χ0v) is 14.3. The zero-order chi connectivity index (χ0) is 19.5. The van der Waals surface area contributed by atoms with Crippen LogP contribution in [0.15, 0.2) is 23.1 Å². The Labute approximate surface area is 148 Å². The number of benzene rings is 1. The van der Waals surface area contributed by atoms with Gasteiger partial charge in [0, 0.05) is 19.1 Å². The van der Waals surface area contributed by atoms with Crippen LogP contribution >= 0.6 is 0 Å². The Morgan fingerprint density at radius 1 is 1.35 bits per heavy atom. The smallest absolute Gasteiger partial charge is 0.416 e. The molecule has 1 aliphatic rings. The molecule has 1 aromatic rings. The van der Waals surface area contributed by atoms with Crippen LogP contribution in [-0.4, -0.2) is 50.1 Å². The van der Waals surface area contributed by atoms with Crippen LogP contribution in [0.1, 0.15) is 24.0 Å². The number of hydrogen-bond acceptors (Lipinski definition) is 5. The van der Waals surface area contributed by atoms with Crippen molar-refractivity contribution >= 4 is 16.0 Å². The minimum atomic E-state index is -4.68. The van der Waals surface area contributed by atoms with Crippen LogP contribution in [-0.2, 0) is 21.0 Å². The first-order chi connectivity index (χ1) is 12.0. The van der Waals surface area contributed by atoms with Crippen molar-refractivity contribution in [3.63, 3.8) is 0 Å². The fourth-order valence-corrected chi connectivity index (χ4v) is 4.15. The van der Waals surface area contributed by atoms with Crippen LogP contribution in [0.4, 0.5) is 13.2 Å². The fourth-order valence-electron chi connectivity index (χ4n) is 2.71. The largest absolute Gasteiger partial charge is 0.480 e. The van der Waals surface area contributed by atoms with Gasteiger partial charge in [-0.25, -0.2) is 13.1 Å². The summed E-state index contributed by atoms with van der Waals surface area (Å²) in [5.74, 6) is -0.979. The third-order valence-electron chi connectivity index (χ3n) is 3.99. The quantitative estimate of drug-likeness (QED) is 0.785. The number of piperidine rings is 1. The first-order valence-corrected chi connectivity index (χ1v) is 9.09. The molecule has 1 saturated heterocycles. The molecule has 1 aliphatic heterocycles. The van der Waals surface area contributed by atoms with Gasteiger partial charge in [0.2, 0.25) is 10.0 Å². The summed E-state index contributed by atoms with van der Waals surface area (Å²) in [6, 6.07) is 2.89. The maximum absolute atomic E-state index is 12.7. The molecule has 26 heavy (non-hydrogen) atoms. The highest BCUT2D eigenvalue weighted by Crippen LogP contribution is 2.31. The van der Waals surface area contributed by atoms with Gasteiger partial charge in [-0.2, -0.15) is 18.4 Å². The summed E-state index contributed by atoms with van der Waals surface area (Å²) in [5, 5.41) is 17.8. The lowest BCUT2D eigenvalue weighted by Gasteiger charge is -2.31. The Morgan fingerprint density at radius 3 is 2.46 bits per heavy atom. The van der Waals surface area contributed by atoms with Crippen molar-refractivity contribution in [3.8, 4) is 6.07 Å². The monoisotopic (exact) mass is 391 g/mol. The molecular formula is C15H16F3N3O4S. The van der Waals surface area contributed by atoms with Crippen LogP contribution in [0.2, 0.25) is 0 Å². The molecule has 0 unspecified atom stereocenters. The average Bonchev–Trinajstić information content (AvgIpc) is 2.54. The highest BCUT2D eigenvalue weighted by molar-refractivity contribution is 7.89. The third-order valence-corrected chi connectivity index (χ3v) is 5.56. The van der Waals surface area contributed by atoms with Crippen molar-refractivity contribution in [3.05, 3.63) is 29.3 Å². The molecule has 1 fully saturated rings. The van der Waals surface area contributed by atoms with Crippen molar-refractivity contribution in [1.29, 1.82) is 5.26 Å². The number of sulfonamides is 1. The molecular weight excluding hydrogens is 375 g/mol. The topological polar surface area (TPSA) is 110 Å². The SMILES string of the molecule is N#Cc1cc(C(F)(F)F)ccc1S(=O)(=O)NC1CCN(CC(=O)O)CC1. The number of aliphatic carboxylic acids is 1. The Morgan fingerprint density at radius 2 is 1.96 bits per heavy atom. The van der Waals surface area contributed by atoms with Crippen molar-refractivity contribution in [2.24, 2.45) is 0 Å². The second kappa shape index (κ2) is 7.61. The molecule has 0 atom stereocenters. The number of rotatable bonds is 5. The molecule has 0 aromatic heterocycles. The minimum absolute atomic E-state index is 0.142. The van der Waals surface area contributed by atoms with Gasteiger partial charge in [0.25, 0.3) is 0 Å². The van der Waals surface area contributed by atoms with Gasteiger partial charge in [-0.05, 0) is 31.0 Å². The van der Waals surface area contributed by atoms with E-state index in [1.165, 1.54) is 6.07 Å². The van der Waals surface area contributed by atoms with Crippen molar-refractivity contribution in [1.82, 2.24) is 9.62 Å². The first-order valence-electron chi connectivity index (χ1n) is 7.61. The van der Waals surface area contributed by atoms with Crippen LogP contribution < -0.4 is 4.72 Å². The zero-order valence-electron chi connectivity index (χ0n) is 13.5. The first kappa shape index (κ1) is 20.2. The van der Waals surface area contributed by atoms with E-state index in [0.29, 0.717) is 38.1 Å². The van der Waals surface area contributed by atoms with Gasteiger partial charge < -0.3 is 5.11 Å². The van der Waals surface area contributed by atoms with E-state index in [0.717, 1.165) is 6.07 Å². The molecule has 0 aliphatic carbocycles. The van der Waals surface area contributed by atoms with Crippen LogP contribution in [0.25, 0.3) is 0 Å². The van der Waals surface area contributed by atoms with Gasteiger partial charge in [0.1, 0.15) is 6.07 Å². The lowest BCUT2D eigenvalue weighted by Crippen LogP contribution is -2.45. The van der Waals surface area contributed by atoms with Gasteiger partial charge in [0.15, 0.2) is 0 Å². The van der Waals surface area contributed by atoms with Crippen molar-refractivity contribution < 1.29 is 31.5 Å². The lowest BCUT2D eigenvalue weighted by atomic mass is 10.1. The average molecular weight is 391 g/mol. The van der Waals surface area contributed by atoms with Gasteiger partial charge in [-0.1, -0.05) is 0 Å². The summed E-state index contributed by atoms with van der Waals surface area (Å²) >= 11 is 0. The van der Waals surface area contributed by atoms with Gasteiger partial charge >= 0.3 is 12.1 Å². The summed E-state index contributed by atoms with van der Waals surface area (Å²) in [6.07, 6.45) is -3.97. The van der Waals surface area contributed by atoms with Crippen molar-refractivity contribution in [2.75, 3.05) is 19.6 Å². The Kier molecular flexibility index (Phi) is 5.90. The number of nitriles is 1. The molecule has 11 heteroatoms. The van der Waals surface area contributed by atoms with E-state index >= 15 is 0 Å². The summed E-state index contributed by atoms with van der Waals surface area (Å²) in [7, 11) is -4.18. The van der Waals surface area contributed by atoms with E-state index in [2.05, 4.69) is 4.72 Å². The van der Waals surface area contributed by atoms with E-state index in [-0.39, 0.29) is 6.54 Å². The number of hydrogen-bond donors (Lipinski definition) is 2. The second-order valence-corrected chi connectivity index (χ2v) is 7.57. The summed E-state index contributed by atoms with van der Waals surface area (Å²) in [5.41, 5.74) is -1.69. The number of carboxylic acid groups (broad SMARTS) is 1. The number of likely N-dealkylation sites (tertiary alicyclic amines) is 1. The van der Waals surface area contributed by atoms with E-state index in [1.807, 2.05) is 0 Å². The second-order valence-electron chi connectivity index (χ2n) is 5.89. The Bertz CT molecular complexity index is 826. The molecule has 0 radical (unpaired) electrons. The Hall–Kier alpha value is -2.16. The van der Waals surface area contributed by atoms with E-state index in [9.17, 15) is 26.4 Å². The summed E-state index contributed by atoms with van der Waals surface area (Å²) in [4.78, 5) is 11.8. The number of nitrogens with one attached hydrogen (secondary N) is 1. The molecule has 2 rings (SSSR count). The number of halogens is 3. The highest BCUT2D eigenvalue weighted by Gasteiger charge is 2.33. The van der Waals surface area contributed by atoms with Gasteiger partial charge in [-0.15, -0.1) is 0 Å². The highest BCUT2D eigenvalue weighted by atomic mass is 32.2. The maximum atomic E-state index is 12.7. The summed E-state index contributed by atoms with van der Waals surface area (Å²) in [6.45, 7) is 0.603. The molecule has 0 bridgehead atoms. The predicted molar refractivity (Wildman–Crippen MR) is 83.6 cm³/mol. The number of carbonyl (C=O) groups is 1. The fraction of sp³-hybridized carbons (Fsp3) is 0.467. The van der Waals surface area contributed by atoms with E-state index in [4.69, 9.17) is 10.4 Å². The minimum Gasteiger partial charge on any atom is -0.480 e. The molecule has 1 aromatic carbocycles. The van der Waals surface area contributed by atoms with Crippen molar-refractivity contribution in [2.45, 2.75) is 30.0 Å². The number of nitrogens with zero attached hydrogens (tertiary/aromatic N) is 2. The molecule has 2 N–H and O–H groups in total. The van der Waals surface area contributed by atoms with Crippen LogP contribution in [0.5, 0.6) is 0 Å². The summed E-state index contributed by atoms with van der Waals surface area (Å²) < 4.78 is 65.4. The van der Waals surface area contributed by atoms with E-state index < -0.39 is 44.2 Å². The van der Waals surface area contributed by atoms with Gasteiger partial charge in [-0.3, -0.25) is 9.69 Å². The predicted octanol–water partition coefficient (Wildman–Crippen LogP) is 1.40. The van der Waals surface area contributed by atoms with Crippen LogP contribution in [0, 0.1) is 11.3 Å². The standard InChI is InChI=1S/C15H16F3N3O4S/c16-15(17,18)11-1-2-13(10(7-11)8-19)26(24,25)20-12-3-5-21(6-4-12)9-14(22)23/h1-2,7,12,20H,3-6,9H2,(H,22,23). The molecule has 1 heterocycles. The molecule has 0 saturated carbocycles. The molecule has 0 amide bonds.